The lowest BCUT2D eigenvalue weighted by Gasteiger charge is -2.15. The van der Waals surface area contributed by atoms with Gasteiger partial charge in [0.1, 0.15) is 5.82 Å². The first-order chi connectivity index (χ1) is 13.0. The molecule has 7 heteroatoms. The van der Waals surface area contributed by atoms with E-state index in [9.17, 15) is 9.18 Å². The van der Waals surface area contributed by atoms with Crippen molar-refractivity contribution in [3.63, 3.8) is 0 Å². The van der Waals surface area contributed by atoms with E-state index in [2.05, 4.69) is 17.1 Å². The van der Waals surface area contributed by atoms with Crippen LogP contribution < -0.4 is 0 Å². The average molecular weight is 367 g/mol. The number of aromatic nitrogens is 4. The van der Waals surface area contributed by atoms with Crippen LogP contribution in [0.4, 0.5) is 4.39 Å². The van der Waals surface area contributed by atoms with Crippen molar-refractivity contribution >= 4 is 5.91 Å². The maximum atomic E-state index is 13.1. The van der Waals surface area contributed by atoms with Gasteiger partial charge in [0.05, 0.1) is 36.2 Å². The van der Waals surface area contributed by atoms with Gasteiger partial charge in [-0.2, -0.15) is 10.2 Å². The maximum absolute atomic E-state index is 13.1. The molecule has 0 saturated carbocycles. The molecule has 3 aromatic rings. The molecular weight excluding hydrogens is 345 g/mol. The van der Waals surface area contributed by atoms with Crippen molar-refractivity contribution < 1.29 is 9.18 Å². The Morgan fingerprint density at radius 1 is 1.22 bits per heavy atom. The van der Waals surface area contributed by atoms with Crippen molar-refractivity contribution in [3.05, 3.63) is 70.6 Å². The summed E-state index contributed by atoms with van der Waals surface area (Å²) in [7, 11) is 0. The number of fused-ring (bicyclic) bond motifs is 1. The van der Waals surface area contributed by atoms with E-state index in [1.54, 1.807) is 12.1 Å². The van der Waals surface area contributed by atoms with Gasteiger partial charge in [0.15, 0.2) is 0 Å². The molecule has 3 heterocycles. The molecule has 27 heavy (non-hydrogen) atoms. The van der Waals surface area contributed by atoms with Gasteiger partial charge in [-0.05, 0) is 31.0 Å². The zero-order chi connectivity index (χ0) is 19.0. The molecule has 0 bridgehead atoms. The minimum atomic E-state index is -0.250. The van der Waals surface area contributed by atoms with Crippen molar-refractivity contribution in [2.75, 3.05) is 0 Å². The van der Waals surface area contributed by atoms with Gasteiger partial charge in [-0.3, -0.25) is 14.2 Å². The summed E-state index contributed by atoms with van der Waals surface area (Å²) in [5, 5.41) is 8.87. The quantitative estimate of drug-likeness (QED) is 0.696. The fourth-order valence-corrected chi connectivity index (χ4v) is 3.49. The molecule has 140 valence electrons. The second kappa shape index (κ2) is 6.98. The van der Waals surface area contributed by atoms with Crippen molar-refractivity contribution in [3.8, 4) is 0 Å². The number of benzene rings is 1. The highest BCUT2D eigenvalue weighted by molar-refractivity contribution is 5.95. The van der Waals surface area contributed by atoms with Crippen molar-refractivity contribution in [2.45, 2.75) is 46.4 Å². The van der Waals surface area contributed by atoms with Crippen LogP contribution >= 0.6 is 0 Å². The fourth-order valence-electron chi connectivity index (χ4n) is 3.49. The van der Waals surface area contributed by atoms with Gasteiger partial charge >= 0.3 is 0 Å². The van der Waals surface area contributed by atoms with E-state index in [-0.39, 0.29) is 11.7 Å². The first-order valence-corrected chi connectivity index (χ1v) is 9.16. The Balaban J connectivity index is 1.50. The monoisotopic (exact) mass is 367 g/mol. The minimum Gasteiger partial charge on any atom is -0.328 e. The molecule has 0 radical (unpaired) electrons. The molecule has 4 rings (SSSR count). The number of hydrogen-bond donors (Lipinski definition) is 0. The van der Waals surface area contributed by atoms with E-state index >= 15 is 0 Å². The van der Waals surface area contributed by atoms with Gasteiger partial charge in [-0.25, -0.2) is 4.39 Å². The molecule has 0 N–H and O–H groups in total. The van der Waals surface area contributed by atoms with Crippen LogP contribution in [0.1, 0.15) is 46.2 Å². The molecule has 0 fully saturated rings. The first-order valence-electron chi connectivity index (χ1n) is 9.16. The Kier molecular flexibility index (Phi) is 4.51. The summed E-state index contributed by atoms with van der Waals surface area (Å²) in [6, 6.07) is 6.41. The zero-order valence-electron chi connectivity index (χ0n) is 15.5. The van der Waals surface area contributed by atoms with Crippen LogP contribution in [0.5, 0.6) is 0 Å². The molecule has 0 aliphatic carbocycles. The Morgan fingerprint density at radius 2 is 2.00 bits per heavy atom. The second-order valence-corrected chi connectivity index (χ2v) is 6.95. The third-order valence-corrected chi connectivity index (χ3v) is 4.90. The number of hydrogen-bond acceptors (Lipinski definition) is 3. The van der Waals surface area contributed by atoms with Gasteiger partial charge in [-0.15, -0.1) is 0 Å². The molecule has 1 aliphatic heterocycles. The number of nitrogens with zero attached hydrogens (tertiary/aromatic N) is 5. The molecule has 1 aliphatic rings. The highest BCUT2D eigenvalue weighted by Gasteiger charge is 2.29. The van der Waals surface area contributed by atoms with E-state index in [4.69, 9.17) is 0 Å². The molecule has 1 aromatic carbocycles. The summed E-state index contributed by atoms with van der Waals surface area (Å²) >= 11 is 0. The molecule has 0 atom stereocenters. The van der Waals surface area contributed by atoms with Crippen LogP contribution in [0, 0.1) is 12.7 Å². The fraction of sp³-hybridized carbons (Fsp3) is 0.350. The number of amides is 1. The zero-order valence-corrected chi connectivity index (χ0v) is 15.5. The van der Waals surface area contributed by atoms with Crippen LogP contribution in [0.3, 0.4) is 0 Å². The van der Waals surface area contributed by atoms with Crippen molar-refractivity contribution in [1.29, 1.82) is 0 Å². The smallest absolute Gasteiger partial charge is 0.257 e. The van der Waals surface area contributed by atoms with Gasteiger partial charge in [0.25, 0.3) is 5.91 Å². The number of carbonyl (C=O) groups excluding carboxylic acids is 1. The highest BCUT2D eigenvalue weighted by Crippen LogP contribution is 2.25. The number of halogens is 1. The number of rotatable bonds is 5. The summed E-state index contributed by atoms with van der Waals surface area (Å²) in [5.74, 6) is -0.250. The summed E-state index contributed by atoms with van der Waals surface area (Å²) in [6.07, 6.45) is 4.64. The van der Waals surface area contributed by atoms with Gasteiger partial charge in [0.2, 0.25) is 0 Å². The van der Waals surface area contributed by atoms with Gasteiger partial charge in [0, 0.05) is 24.8 Å². The highest BCUT2D eigenvalue weighted by atomic mass is 19.1. The van der Waals surface area contributed by atoms with Crippen LogP contribution in [0.2, 0.25) is 0 Å². The molecule has 2 aromatic heterocycles. The predicted molar refractivity (Wildman–Crippen MR) is 98.6 cm³/mol. The molecule has 6 nitrogen and oxygen atoms in total. The molecular formula is C20H22FN5O. The maximum Gasteiger partial charge on any atom is 0.257 e. The van der Waals surface area contributed by atoms with Crippen LogP contribution in [-0.4, -0.2) is 30.4 Å². The molecule has 0 unspecified atom stereocenters. The van der Waals surface area contributed by atoms with E-state index in [0.29, 0.717) is 25.2 Å². The summed E-state index contributed by atoms with van der Waals surface area (Å²) < 4.78 is 16.8. The van der Waals surface area contributed by atoms with Crippen LogP contribution in [0.25, 0.3) is 0 Å². The lowest BCUT2D eigenvalue weighted by atomic mass is 10.2. The first kappa shape index (κ1) is 17.5. The largest absolute Gasteiger partial charge is 0.328 e. The molecule has 0 spiro atoms. The molecule has 0 saturated heterocycles. The van der Waals surface area contributed by atoms with Crippen LogP contribution in [-0.2, 0) is 26.2 Å². The third-order valence-electron chi connectivity index (χ3n) is 4.90. The van der Waals surface area contributed by atoms with Gasteiger partial charge in [-0.1, -0.05) is 19.1 Å². The SMILES string of the molecule is CCCn1cc(C(=O)N2Cc3cnn(Cc4ccc(F)cc4)c3C2)c(C)n1. The minimum absolute atomic E-state index is 0.000569. The van der Waals surface area contributed by atoms with Crippen molar-refractivity contribution in [1.82, 2.24) is 24.5 Å². The molecule has 1 amide bonds. The lowest BCUT2D eigenvalue weighted by molar-refractivity contribution is 0.0747. The van der Waals surface area contributed by atoms with Crippen molar-refractivity contribution in [2.24, 2.45) is 0 Å². The Morgan fingerprint density at radius 3 is 2.74 bits per heavy atom. The Labute approximate surface area is 157 Å². The number of aryl methyl sites for hydroxylation is 2. The standard InChI is InChI=1S/C20H22FN5O/c1-3-8-25-12-18(14(2)23-25)20(27)24-11-16-9-22-26(19(16)13-24)10-15-4-6-17(21)7-5-15/h4-7,9,12H,3,8,10-11,13H2,1-2H3. The summed E-state index contributed by atoms with van der Waals surface area (Å²) in [5.41, 5.74) is 4.49. The number of carbonyl (C=O) groups is 1. The Bertz CT molecular complexity index is 973. The summed E-state index contributed by atoms with van der Waals surface area (Å²) in [6.45, 7) is 6.40. The van der Waals surface area contributed by atoms with E-state index in [1.165, 1.54) is 12.1 Å². The predicted octanol–water partition coefficient (Wildman–Crippen LogP) is 3.14. The lowest BCUT2D eigenvalue weighted by Crippen LogP contribution is -2.26. The third kappa shape index (κ3) is 3.37. The average Bonchev–Trinajstić information content (AvgIpc) is 3.32. The normalized spacial score (nSPS) is 13.2. The van der Waals surface area contributed by atoms with Crippen LogP contribution in [0.15, 0.2) is 36.7 Å². The van der Waals surface area contributed by atoms with Gasteiger partial charge < -0.3 is 4.90 Å². The van der Waals surface area contributed by atoms with E-state index < -0.39 is 0 Å². The second-order valence-electron chi connectivity index (χ2n) is 6.95. The van der Waals surface area contributed by atoms with E-state index in [1.807, 2.05) is 33.6 Å². The van der Waals surface area contributed by atoms with E-state index in [0.717, 1.165) is 35.5 Å². The summed E-state index contributed by atoms with van der Waals surface area (Å²) in [4.78, 5) is 14.8. The topological polar surface area (TPSA) is 56.0 Å². The Hall–Kier alpha value is -2.96.